The smallest absolute Gasteiger partial charge is 0.0213 e. The molecule has 1 unspecified atom stereocenters. The molecular formula is C16H24. The molecule has 0 nitrogen and oxygen atoms in total. The molecule has 0 N–H and O–H groups in total. The number of benzene rings is 1. The Kier molecular flexibility index (Phi) is 3.37. The standard InChI is InChI=1S/C16H24/c1-11(2)16-13(4)7-9-14-8-5-12(3)6-10-15(14)16/h7,9,11-12H,5-6,8,10H2,1-4H3. The van der Waals surface area contributed by atoms with Gasteiger partial charge in [-0.05, 0) is 66.7 Å². The van der Waals surface area contributed by atoms with Gasteiger partial charge in [-0.2, -0.15) is 0 Å². The summed E-state index contributed by atoms with van der Waals surface area (Å²) in [5.41, 5.74) is 6.42. The van der Waals surface area contributed by atoms with Crippen LogP contribution in [0.15, 0.2) is 12.1 Å². The van der Waals surface area contributed by atoms with Crippen LogP contribution in [-0.4, -0.2) is 0 Å². The van der Waals surface area contributed by atoms with Crippen LogP contribution in [0.1, 0.15) is 61.8 Å². The topological polar surface area (TPSA) is 0 Å². The summed E-state index contributed by atoms with van der Waals surface area (Å²) < 4.78 is 0. The van der Waals surface area contributed by atoms with Crippen molar-refractivity contribution in [2.75, 3.05) is 0 Å². The van der Waals surface area contributed by atoms with Crippen LogP contribution in [0.3, 0.4) is 0 Å². The lowest BCUT2D eigenvalue weighted by atomic mass is 9.87. The summed E-state index contributed by atoms with van der Waals surface area (Å²) in [6, 6.07) is 4.69. The van der Waals surface area contributed by atoms with E-state index >= 15 is 0 Å². The van der Waals surface area contributed by atoms with Crippen molar-refractivity contribution >= 4 is 0 Å². The van der Waals surface area contributed by atoms with Crippen LogP contribution in [-0.2, 0) is 12.8 Å². The molecule has 1 aliphatic carbocycles. The number of hydrogen-bond donors (Lipinski definition) is 0. The predicted molar refractivity (Wildman–Crippen MR) is 71.1 cm³/mol. The average molecular weight is 216 g/mol. The molecule has 16 heavy (non-hydrogen) atoms. The predicted octanol–water partition coefficient (Wildman–Crippen LogP) is 4.63. The van der Waals surface area contributed by atoms with Gasteiger partial charge in [0.25, 0.3) is 0 Å². The highest BCUT2D eigenvalue weighted by molar-refractivity contribution is 5.43. The molecule has 0 aromatic heterocycles. The van der Waals surface area contributed by atoms with E-state index in [2.05, 4.69) is 39.8 Å². The Balaban J connectivity index is 2.47. The fourth-order valence-electron chi connectivity index (χ4n) is 3.10. The second kappa shape index (κ2) is 4.61. The third-order valence-corrected chi connectivity index (χ3v) is 4.04. The molecule has 0 saturated heterocycles. The molecule has 0 heteroatoms. The van der Waals surface area contributed by atoms with Gasteiger partial charge >= 0.3 is 0 Å². The van der Waals surface area contributed by atoms with Crippen molar-refractivity contribution in [3.05, 3.63) is 34.4 Å². The van der Waals surface area contributed by atoms with Gasteiger partial charge in [0.1, 0.15) is 0 Å². The Labute approximate surface area is 100 Å². The molecule has 1 aromatic rings. The van der Waals surface area contributed by atoms with Gasteiger partial charge in [0.05, 0.1) is 0 Å². The third kappa shape index (κ3) is 2.16. The van der Waals surface area contributed by atoms with Gasteiger partial charge < -0.3 is 0 Å². The number of hydrogen-bond acceptors (Lipinski definition) is 0. The van der Waals surface area contributed by atoms with E-state index in [1.807, 2.05) is 0 Å². The van der Waals surface area contributed by atoms with Crippen LogP contribution in [0.2, 0.25) is 0 Å². The number of rotatable bonds is 1. The van der Waals surface area contributed by atoms with Gasteiger partial charge in [-0.3, -0.25) is 0 Å². The zero-order valence-corrected chi connectivity index (χ0v) is 11.1. The van der Waals surface area contributed by atoms with Gasteiger partial charge in [0.15, 0.2) is 0 Å². The number of fused-ring (bicyclic) bond motifs is 1. The van der Waals surface area contributed by atoms with E-state index in [4.69, 9.17) is 0 Å². The molecule has 1 atom stereocenters. The van der Waals surface area contributed by atoms with Crippen molar-refractivity contribution in [2.45, 2.75) is 59.3 Å². The summed E-state index contributed by atoms with van der Waals surface area (Å²) >= 11 is 0. The summed E-state index contributed by atoms with van der Waals surface area (Å²) in [6.07, 6.45) is 5.33. The quantitative estimate of drug-likeness (QED) is 0.600. The largest absolute Gasteiger partial charge is 0.0625 e. The lowest BCUT2D eigenvalue weighted by Gasteiger charge is -2.18. The monoisotopic (exact) mass is 216 g/mol. The highest BCUT2D eigenvalue weighted by Gasteiger charge is 2.18. The zero-order chi connectivity index (χ0) is 11.7. The van der Waals surface area contributed by atoms with Gasteiger partial charge in [-0.15, -0.1) is 0 Å². The minimum Gasteiger partial charge on any atom is -0.0625 e. The van der Waals surface area contributed by atoms with Crippen LogP contribution < -0.4 is 0 Å². The van der Waals surface area contributed by atoms with Crippen LogP contribution in [0.4, 0.5) is 0 Å². The van der Waals surface area contributed by atoms with E-state index in [0.717, 1.165) is 5.92 Å². The molecule has 88 valence electrons. The first-order valence-electron chi connectivity index (χ1n) is 6.71. The SMILES string of the molecule is Cc1ccc2c(c1C(C)C)CCC(C)CC2. The molecule has 1 aromatic carbocycles. The first-order chi connectivity index (χ1) is 7.59. The van der Waals surface area contributed by atoms with Gasteiger partial charge in [0, 0.05) is 0 Å². The molecule has 0 heterocycles. The maximum absolute atomic E-state index is 2.40. The highest BCUT2D eigenvalue weighted by atomic mass is 14.2. The third-order valence-electron chi connectivity index (χ3n) is 4.04. The minimum atomic E-state index is 0.670. The Morgan fingerprint density at radius 1 is 1.12 bits per heavy atom. The molecule has 1 aliphatic rings. The molecule has 0 amide bonds. The van der Waals surface area contributed by atoms with Crippen molar-refractivity contribution < 1.29 is 0 Å². The molecule has 0 fully saturated rings. The minimum absolute atomic E-state index is 0.670. The van der Waals surface area contributed by atoms with Crippen LogP contribution in [0, 0.1) is 12.8 Å². The Bertz CT molecular complexity index is 374. The Hall–Kier alpha value is -0.780. The fraction of sp³-hybridized carbons (Fsp3) is 0.625. The maximum Gasteiger partial charge on any atom is -0.0213 e. The van der Waals surface area contributed by atoms with Crippen molar-refractivity contribution in [3.8, 4) is 0 Å². The van der Waals surface area contributed by atoms with E-state index < -0.39 is 0 Å². The fourth-order valence-corrected chi connectivity index (χ4v) is 3.10. The second-order valence-electron chi connectivity index (χ2n) is 5.77. The van der Waals surface area contributed by atoms with Crippen molar-refractivity contribution in [3.63, 3.8) is 0 Å². The lowest BCUT2D eigenvalue weighted by molar-refractivity contribution is 0.509. The van der Waals surface area contributed by atoms with Crippen molar-refractivity contribution in [1.29, 1.82) is 0 Å². The summed E-state index contributed by atoms with van der Waals surface area (Å²) in [4.78, 5) is 0. The van der Waals surface area contributed by atoms with E-state index in [0.29, 0.717) is 5.92 Å². The van der Waals surface area contributed by atoms with Crippen LogP contribution >= 0.6 is 0 Å². The molecule has 0 bridgehead atoms. The highest BCUT2D eigenvalue weighted by Crippen LogP contribution is 2.32. The number of aryl methyl sites for hydroxylation is 2. The van der Waals surface area contributed by atoms with Gasteiger partial charge in [-0.25, -0.2) is 0 Å². The Morgan fingerprint density at radius 3 is 2.50 bits per heavy atom. The summed E-state index contributed by atoms with van der Waals surface area (Å²) in [5, 5.41) is 0. The zero-order valence-electron chi connectivity index (χ0n) is 11.1. The average Bonchev–Trinajstić information content (AvgIpc) is 2.40. The molecular weight excluding hydrogens is 192 g/mol. The van der Waals surface area contributed by atoms with Crippen LogP contribution in [0.5, 0.6) is 0 Å². The van der Waals surface area contributed by atoms with Gasteiger partial charge in [-0.1, -0.05) is 32.9 Å². The van der Waals surface area contributed by atoms with E-state index in [-0.39, 0.29) is 0 Å². The summed E-state index contributed by atoms with van der Waals surface area (Å²) in [6.45, 7) is 9.32. The van der Waals surface area contributed by atoms with Crippen molar-refractivity contribution in [2.24, 2.45) is 5.92 Å². The van der Waals surface area contributed by atoms with E-state index in [1.165, 1.54) is 31.2 Å². The second-order valence-corrected chi connectivity index (χ2v) is 5.77. The summed E-state index contributed by atoms with van der Waals surface area (Å²) in [5.74, 6) is 1.57. The maximum atomic E-state index is 2.40. The molecule has 0 radical (unpaired) electrons. The van der Waals surface area contributed by atoms with Crippen molar-refractivity contribution in [1.82, 2.24) is 0 Å². The lowest BCUT2D eigenvalue weighted by Crippen LogP contribution is -2.03. The molecule has 0 aliphatic heterocycles. The van der Waals surface area contributed by atoms with E-state index in [1.54, 1.807) is 16.7 Å². The van der Waals surface area contributed by atoms with E-state index in [9.17, 15) is 0 Å². The Morgan fingerprint density at radius 2 is 1.81 bits per heavy atom. The van der Waals surface area contributed by atoms with Gasteiger partial charge in [0.2, 0.25) is 0 Å². The normalized spacial score (nSPS) is 20.7. The first kappa shape index (κ1) is 11.7. The summed E-state index contributed by atoms with van der Waals surface area (Å²) in [7, 11) is 0. The molecule has 0 spiro atoms. The van der Waals surface area contributed by atoms with Crippen LogP contribution in [0.25, 0.3) is 0 Å². The first-order valence-corrected chi connectivity index (χ1v) is 6.71. The molecule has 2 rings (SSSR count). The molecule has 0 saturated carbocycles.